The normalized spacial score (nSPS) is 25.5. The van der Waals surface area contributed by atoms with Crippen molar-refractivity contribution in [1.82, 2.24) is 10.3 Å². The minimum atomic E-state index is -0.379. The minimum absolute atomic E-state index is 0.0258. The smallest absolute Gasteiger partial charge is 0.272 e. The number of pyridine rings is 1. The van der Waals surface area contributed by atoms with Gasteiger partial charge in [0.1, 0.15) is 11.5 Å². The highest BCUT2D eigenvalue weighted by Gasteiger charge is 2.38. The summed E-state index contributed by atoms with van der Waals surface area (Å²) >= 11 is 6.08. The Kier molecular flexibility index (Phi) is 4.50. The largest absolute Gasteiger partial charge is 0.376 e. The summed E-state index contributed by atoms with van der Waals surface area (Å²) < 4.78 is 5.52. The van der Waals surface area contributed by atoms with Gasteiger partial charge in [-0.05, 0) is 39.3 Å². The van der Waals surface area contributed by atoms with Crippen LogP contribution in [0.2, 0.25) is 5.02 Å². The predicted octanol–water partition coefficient (Wildman–Crippen LogP) is 2.46. The Labute approximate surface area is 124 Å². The van der Waals surface area contributed by atoms with Crippen LogP contribution in [0.15, 0.2) is 12.1 Å². The zero-order chi connectivity index (χ0) is 14.8. The molecule has 0 spiro atoms. The average Bonchev–Trinajstić information content (AvgIpc) is 2.72. The maximum Gasteiger partial charge on any atom is 0.272 e. The molecular formula is C14H20ClN3O2. The molecule has 1 aromatic heterocycles. The summed E-state index contributed by atoms with van der Waals surface area (Å²) in [5.74, 6) is 0.373. The van der Waals surface area contributed by atoms with Crippen molar-refractivity contribution in [3.05, 3.63) is 22.8 Å². The second kappa shape index (κ2) is 5.97. The average molecular weight is 298 g/mol. The number of carbonyl (C=O) groups excluding carboxylic acids is 1. The molecule has 1 aliphatic heterocycles. The van der Waals surface area contributed by atoms with E-state index in [1.54, 1.807) is 12.1 Å². The summed E-state index contributed by atoms with van der Waals surface area (Å²) in [5.41, 5.74) is -0.138. The Balaban J connectivity index is 2.18. The zero-order valence-electron chi connectivity index (χ0n) is 12.0. The molecule has 0 saturated carbocycles. The standard InChI is InChI=1S/C14H20ClN3O2/c1-4-16-11-6-5-10(15)12(17-11)13(19)18-14(3)7-8-20-9(14)2/h5-6,9H,4,7-8H2,1-3H3,(H,16,17)(H,18,19). The first-order valence-electron chi connectivity index (χ1n) is 6.81. The van der Waals surface area contributed by atoms with Crippen molar-refractivity contribution in [1.29, 1.82) is 0 Å². The number of anilines is 1. The molecule has 0 aliphatic carbocycles. The van der Waals surface area contributed by atoms with Gasteiger partial charge in [0.25, 0.3) is 5.91 Å². The molecular weight excluding hydrogens is 278 g/mol. The molecule has 110 valence electrons. The Morgan fingerprint density at radius 2 is 2.35 bits per heavy atom. The molecule has 1 fully saturated rings. The van der Waals surface area contributed by atoms with Gasteiger partial charge in [0.2, 0.25) is 0 Å². The lowest BCUT2D eigenvalue weighted by atomic mass is 9.94. The van der Waals surface area contributed by atoms with Crippen LogP contribution in [-0.4, -0.2) is 35.7 Å². The maximum absolute atomic E-state index is 12.4. The van der Waals surface area contributed by atoms with Crippen molar-refractivity contribution in [2.75, 3.05) is 18.5 Å². The molecule has 2 rings (SSSR count). The van der Waals surface area contributed by atoms with Crippen LogP contribution in [0.1, 0.15) is 37.7 Å². The van der Waals surface area contributed by atoms with E-state index in [4.69, 9.17) is 16.3 Å². The van der Waals surface area contributed by atoms with E-state index < -0.39 is 0 Å². The Morgan fingerprint density at radius 3 is 2.95 bits per heavy atom. The predicted molar refractivity (Wildman–Crippen MR) is 79.3 cm³/mol. The van der Waals surface area contributed by atoms with E-state index in [-0.39, 0.29) is 23.2 Å². The highest BCUT2D eigenvalue weighted by molar-refractivity contribution is 6.33. The van der Waals surface area contributed by atoms with Gasteiger partial charge in [0.15, 0.2) is 0 Å². The summed E-state index contributed by atoms with van der Waals surface area (Å²) in [4.78, 5) is 16.7. The summed E-state index contributed by atoms with van der Waals surface area (Å²) in [5, 5.41) is 6.41. The van der Waals surface area contributed by atoms with Gasteiger partial charge < -0.3 is 15.4 Å². The SMILES string of the molecule is CCNc1ccc(Cl)c(C(=O)NC2(C)CCOC2C)n1. The fraction of sp³-hybridized carbons (Fsp3) is 0.571. The van der Waals surface area contributed by atoms with Crippen LogP contribution in [0.4, 0.5) is 5.82 Å². The molecule has 0 bridgehead atoms. The number of hydrogen-bond acceptors (Lipinski definition) is 4. The molecule has 1 aromatic rings. The fourth-order valence-electron chi connectivity index (χ4n) is 2.20. The van der Waals surface area contributed by atoms with Crippen LogP contribution in [0.3, 0.4) is 0 Å². The molecule has 20 heavy (non-hydrogen) atoms. The van der Waals surface area contributed by atoms with Crippen LogP contribution in [-0.2, 0) is 4.74 Å². The molecule has 1 aliphatic rings. The van der Waals surface area contributed by atoms with Crippen molar-refractivity contribution in [3.63, 3.8) is 0 Å². The van der Waals surface area contributed by atoms with E-state index in [2.05, 4.69) is 15.6 Å². The summed E-state index contributed by atoms with van der Waals surface area (Å²) in [6, 6.07) is 3.43. The maximum atomic E-state index is 12.4. The highest BCUT2D eigenvalue weighted by Crippen LogP contribution is 2.26. The van der Waals surface area contributed by atoms with Crippen LogP contribution in [0, 0.1) is 0 Å². The molecule has 0 aromatic carbocycles. The molecule has 2 atom stereocenters. The second-order valence-corrected chi connectivity index (χ2v) is 5.60. The number of rotatable bonds is 4. The lowest BCUT2D eigenvalue weighted by molar-refractivity contribution is 0.0724. The number of nitrogens with zero attached hydrogens (tertiary/aromatic N) is 1. The van der Waals surface area contributed by atoms with Gasteiger partial charge in [-0.15, -0.1) is 0 Å². The number of ether oxygens (including phenoxy) is 1. The monoisotopic (exact) mass is 297 g/mol. The molecule has 1 amide bonds. The van der Waals surface area contributed by atoms with Crippen molar-refractivity contribution in [3.8, 4) is 0 Å². The van der Waals surface area contributed by atoms with Crippen molar-refractivity contribution < 1.29 is 9.53 Å². The van der Waals surface area contributed by atoms with Gasteiger partial charge in [-0.25, -0.2) is 4.98 Å². The van der Waals surface area contributed by atoms with Crippen molar-refractivity contribution in [2.24, 2.45) is 0 Å². The van der Waals surface area contributed by atoms with Crippen molar-refractivity contribution in [2.45, 2.75) is 38.8 Å². The first-order valence-corrected chi connectivity index (χ1v) is 7.18. The molecule has 6 heteroatoms. The van der Waals surface area contributed by atoms with Gasteiger partial charge in [-0.3, -0.25) is 4.79 Å². The molecule has 2 unspecified atom stereocenters. The van der Waals surface area contributed by atoms with Gasteiger partial charge in [-0.1, -0.05) is 11.6 Å². The quantitative estimate of drug-likeness (QED) is 0.896. The van der Waals surface area contributed by atoms with Crippen LogP contribution < -0.4 is 10.6 Å². The van der Waals surface area contributed by atoms with E-state index >= 15 is 0 Å². The van der Waals surface area contributed by atoms with E-state index in [1.807, 2.05) is 20.8 Å². The van der Waals surface area contributed by atoms with Crippen molar-refractivity contribution >= 4 is 23.3 Å². The number of amides is 1. The number of hydrogen-bond donors (Lipinski definition) is 2. The van der Waals surface area contributed by atoms with E-state index in [1.165, 1.54) is 0 Å². The third-order valence-electron chi connectivity index (χ3n) is 3.70. The number of nitrogens with one attached hydrogen (secondary N) is 2. The lowest BCUT2D eigenvalue weighted by Crippen LogP contribution is -2.50. The third-order valence-corrected chi connectivity index (χ3v) is 4.01. The van der Waals surface area contributed by atoms with E-state index in [0.29, 0.717) is 17.4 Å². The Bertz CT molecular complexity index is 509. The van der Waals surface area contributed by atoms with Crippen LogP contribution in [0.25, 0.3) is 0 Å². The Hall–Kier alpha value is -1.33. The molecule has 5 nitrogen and oxygen atoms in total. The minimum Gasteiger partial charge on any atom is -0.376 e. The van der Waals surface area contributed by atoms with Gasteiger partial charge >= 0.3 is 0 Å². The summed E-state index contributed by atoms with van der Waals surface area (Å²) in [6.07, 6.45) is 0.756. The number of halogens is 1. The van der Waals surface area contributed by atoms with E-state index in [0.717, 1.165) is 13.0 Å². The fourth-order valence-corrected chi connectivity index (χ4v) is 2.39. The van der Waals surface area contributed by atoms with Gasteiger partial charge in [0.05, 0.1) is 16.7 Å². The zero-order valence-corrected chi connectivity index (χ0v) is 12.8. The molecule has 2 N–H and O–H groups in total. The summed E-state index contributed by atoms with van der Waals surface area (Å²) in [7, 11) is 0. The number of carbonyl (C=O) groups is 1. The highest BCUT2D eigenvalue weighted by atomic mass is 35.5. The van der Waals surface area contributed by atoms with Crippen LogP contribution in [0.5, 0.6) is 0 Å². The summed E-state index contributed by atoms with van der Waals surface area (Å²) in [6.45, 7) is 7.28. The second-order valence-electron chi connectivity index (χ2n) is 5.19. The molecule has 1 saturated heterocycles. The topological polar surface area (TPSA) is 63.2 Å². The molecule has 2 heterocycles. The number of aromatic nitrogens is 1. The third kappa shape index (κ3) is 3.04. The van der Waals surface area contributed by atoms with Gasteiger partial charge in [0, 0.05) is 13.2 Å². The first kappa shape index (κ1) is 15.1. The molecule has 0 radical (unpaired) electrons. The van der Waals surface area contributed by atoms with Crippen LogP contribution >= 0.6 is 11.6 Å². The Morgan fingerprint density at radius 1 is 1.60 bits per heavy atom. The lowest BCUT2D eigenvalue weighted by Gasteiger charge is -2.28. The van der Waals surface area contributed by atoms with Gasteiger partial charge in [-0.2, -0.15) is 0 Å². The first-order chi connectivity index (χ1) is 9.46. The van der Waals surface area contributed by atoms with E-state index in [9.17, 15) is 4.79 Å².